The van der Waals surface area contributed by atoms with Crippen LogP contribution in [-0.2, 0) is 20.5 Å². The molecule has 2 heterocycles. The third-order valence-corrected chi connectivity index (χ3v) is 4.94. The summed E-state index contributed by atoms with van der Waals surface area (Å²) in [5, 5.41) is 11.5. The standard InChI is InChI=1S/C23H22FN5O/c1-28-15-19(14-26-28)17-5-3-16(4-6-17)11-12-25-23(30)22-13-21(27-29(22)2)18-7-9-20(24)10-8-18/h3-10,13-15H,11-12H2,1-2H3,(H,25,30). The van der Waals surface area contributed by atoms with Gasteiger partial charge in [0.05, 0.1) is 11.9 Å². The maximum atomic E-state index is 13.1. The summed E-state index contributed by atoms with van der Waals surface area (Å²) in [6, 6.07) is 16.0. The molecule has 6 nitrogen and oxygen atoms in total. The van der Waals surface area contributed by atoms with Crippen molar-refractivity contribution in [2.75, 3.05) is 6.54 Å². The van der Waals surface area contributed by atoms with Crippen LogP contribution in [0.3, 0.4) is 0 Å². The van der Waals surface area contributed by atoms with Crippen LogP contribution >= 0.6 is 0 Å². The Balaban J connectivity index is 1.35. The molecule has 1 amide bonds. The number of carbonyl (C=O) groups is 1. The summed E-state index contributed by atoms with van der Waals surface area (Å²) in [5.41, 5.74) is 5.18. The monoisotopic (exact) mass is 403 g/mol. The fourth-order valence-corrected chi connectivity index (χ4v) is 3.29. The molecule has 2 aromatic heterocycles. The second kappa shape index (κ2) is 8.32. The lowest BCUT2D eigenvalue weighted by Gasteiger charge is -2.06. The predicted molar refractivity (Wildman–Crippen MR) is 113 cm³/mol. The van der Waals surface area contributed by atoms with Gasteiger partial charge in [0, 0.05) is 38.0 Å². The van der Waals surface area contributed by atoms with Gasteiger partial charge in [0.25, 0.3) is 5.91 Å². The van der Waals surface area contributed by atoms with Crippen molar-refractivity contribution >= 4 is 5.91 Å². The molecule has 1 N–H and O–H groups in total. The first-order valence-electron chi connectivity index (χ1n) is 9.66. The van der Waals surface area contributed by atoms with Crippen molar-refractivity contribution in [3.63, 3.8) is 0 Å². The van der Waals surface area contributed by atoms with Crippen molar-refractivity contribution in [2.24, 2.45) is 14.1 Å². The van der Waals surface area contributed by atoms with E-state index in [-0.39, 0.29) is 11.7 Å². The number of carbonyl (C=O) groups excluding carboxylic acids is 1. The van der Waals surface area contributed by atoms with E-state index >= 15 is 0 Å². The van der Waals surface area contributed by atoms with Gasteiger partial charge in [0.1, 0.15) is 11.5 Å². The molecule has 0 radical (unpaired) electrons. The summed E-state index contributed by atoms with van der Waals surface area (Å²) in [6.45, 7) is 0.516. The number of aromatic nitrogens is 4. The number of hydrogen-bond donors (Lipinski definition) is 1. The van der Waals surface area contributed by atoms with E-state index in [1.54, 1.807) is 29.9 Å². The lowest BCUT2D eigenvalue weighted by molar-refractivity contribution is 0.0944. The molecule has 0 aliphatic carbocycles. The van der Waals surface area contributed by atoms with E-state index in [1.807, 2.05) is 19.4 Å². The molecule has 0 aliphatic heterocycles. The summed E-state index contributed by atoms with van der Waals surface area (Å²) in [5.74, 6) is -0.494. The zero-order valence-electron chi connectivity index (χ0n) is 16.8. The molecule has 152 valence electrons. The first-order chi connectivity index (χ1) is 14.5. The van der Waals surface area contributed by atoms with Gasteiger partial charge < -0.3 is 5.32 Å². The minimum Gasteiger partial charge on any atom is -0.350 e. The van der Waals surface area contributed by atoms with Crippen LogP contribution in [0.4, 0.5) is 4.39 Å². The van der Waals surface area contributed by atoms with Gasteiger partial charge in [0.15, 0.2) is 0 Å². The lowest BCUT2D eigenvalue weighted by Crippen LogP contribution is -2.27. The molecule has 0 atom stereocenters. The quantitative estimate of drug-likeness (QED) is 0.535. The molecule has 4 aromatic rings. The number of nitrogens with zero attached hydrogens (tertiary/aromatic N) is 4. The first-order valence-corrected chi connectivity index (χ1v) is 9.66. The van der Waals surface area contributed by atoms with Gasteiger partial charge in [-0.15, -0.1) is 0 Å². The van der Waals surface area contributed by atoms with E-state index in [4.69, 9.17) is 0 Å². The van der Waals surface area contributed by atoms with Gasteiger partial charge in [-0.25, -0.2) is 4.39 Å². The van der Waals surface area contributed by atoms with Crippen molar-refractivity contribution in [1.82, 2.24) is 24.9 Å². The highest BCUT2D eigenvalue weighted by atomic mass is 19.1. The molecular weight excluding hydrogens is 381 g/mol. The Hall–Kier alpha value is -3.74. The molecule has 0 spiro atoms. The van der Waals surface area contributed by atoms with Crippen molar-refractivity contribution in [3.8, 4) is 22.4 Å². The maximum absolute atomic E-state index is 13.1. The van der Waals surface area contributed by atoms with E-state index in [2.05, 4.69) is 39.8 Å². The highest BCUT2D eigenvalue weighted by Crippen LogP contribution is 2.20. The zero-order valence-corrected chi connectivity index (χ0v) is 16.8. The van der Waals surface area contributed by atoms with E-state index in [0.29, 0.717) is 17.9 Å². The van der Waals surface area contributed by atoms with Crippen LogP contribution in [0.1, 0.15) is 16.1 Å². The summed E-state index contributed by atoms with van der Waals surface area (Å²) in [4.78, 5) is 12.6. The number of hydrogen-bond acceptors (Lipinski definition) is 3. The van der Waals surface area contributed by atoms with E-state index in [9.17, 15) is 9.18 Å². The smallest absolute Gasteiger partial charge is 0.269 e. The third kappa shape index (κ3) is 4.30. The Morgan fingerprint density at radius 1 is 1.00 bits per heavy atom. The molecule has 0 saturated carbocycles. The Morgan fingerprint density at radius 3 is 2.37 bits per heavy atom. The van der Waals surface area contributed by atoms with Crippen LogP contribution in [0.25, 0.3) is 22.4 Å². The largest absolute Gasteiger partial charge is 0.350 e. The van der Waals surface area contributed by atoms with E-state index in [1.165, 1.54) is 16.8 Å². The molecule has 0 bridgehead atoms. The van der Waals surface area contributed by atoms with Gasteiger partial charge >= 0.3 is 0 Å². The Labute approximate surface area is 174 Å². The summed E-state index contributed by atoms with van der Waals surface area (Å²) >= 11 is 0. The highest BCUT2D eigenvalue weighted by molar-refractivity contribution is 5.93. The molecule has 4 rings (SSSR count). The van der Waals surface area contributed by atoms with E-state index < -0.39 is 0 Å². The van der Waals surface area contributed by atoms with Crippen LogP contribution in [-0.4, -0.2) is 32.0 Å². The molecule has 0 aliphatic rings. The predicted octanol–water partition coefficient (Wildman–Crippen LogP) is 3.60. The molecular formula is C23H22FN5O. The fraction of sp³-hybridized carbons (Fsp3) is 0.174. The molecule has 2 aromatic carbocycles. The number of rotatable bonds is 6. The molecule has 0 unspecified atom stereocenters. The van der Waals surface area contributed by atoms with Gasteiger partial charge in [-0.05, 0) is 47.9 Å². The van der Waals surface area contributed by atoms with Crippen molar-refractivity contribution < 1.29 is 9.18 Å². The van der Waals surface area contributed by atoms with Gasteiger partial charge in [-0.1, -0.05) is 24.3 Å². The van der Waals surface area contributed by atoms with Crippen LogP contribution in [0, 0.1) is 5.82 Å². The maximum Gasteiger partial charge on any atom is 0.269 e. The van der Waals surface area contributed by atoms with Crippen LogP contribution in [0.15, 0.2) is 67.0 Å². The molecule has 7 heteroatoms. The summed E-state index contributed by atoms with van der Waals surface area (Å²) < 4.78 is 16.4. The minimum atomic E-state index is -0.305. The lowest BCUT2D eigenvalue weighted by atomic mass is 10.1. The minimum absolute atomic E-state index is 0.189. The van der Waals surface area contributed by atoms with Gasteiger partial charge in [-0.3, -0.25) is 14.2 Å². The second-order valence-electron chi connectivity index (χ2n) is 7.15. The number of amides is 1. The van der Waals surface area contributed by atoms with Gasteiger partial charge in [-0.2, -0.15) is 10.2 Å². The number of aryl methyl sites for hydroxylation is 2. The highest BCUT2D eigenvalue weighted by Gasteiger charge is 2.14. The topological polar surface area (TPSA) is 64.7 Å². The van der Waals surface area contributed by atoms with Crippen LogP contribution < -0.4 is 5.32 Å². The zero-order chi connectivity index (χ0) is 21.1. The van der Waals surface area contributed by atoms with E-state index in [0.717, 1.165) is 28.7 Å². The third-order valence-electron chi connectivity index (χ3n) is 4.94. The SMILES string of the molecule is Cn1cc(-c2ccc(CCNC(=O)c3cc(-c4ccc(F)cc4)nn3C)cc2)cn1. The number of benzene rings is 2. The Kier molecular flexibility index (Phi) is 5.43. The first kappa shape index (κ1) is 19.6. The van der Waals surface area contributed by atoms with Crippen molar-refractivity contribution in [3.05, 3.63) is 84.1 Å². The van der Waals surface area contributed by atoms with Crippen LogP contribution in [0.2, 0.25) is 0 Å². The average Bonchev–Trinajstić information content (AvgIpc) is 3.35. The number of nitrogens with one attached hydrogen (secondary N) is 1. The normalized spacial score (nSPS) is 10.9. The summed E-state index contributed by atoms with van der Waals surface area (Å²) in [7, 11) is 3.62. The summed E-state index contributed by atoms with van der Waals surface area (Å²) in [6.07, 6.45) is 4.54. The van der Waals surface area contributed by atoms with Gasteiger partial charge in [0.2, 0.25) is 0 Å². The Bertz CT molecular complexity index is 1160. The molecule has 0 saturated heterocycles. The average molecular weight is 403 g/mol. The fourth-order valence-electron chi connectivity index (χ4n) is 3.29. The van der Waals surface area contributed by atoms with Crippen molar-refractivity contribution in [2.45, 2.75) is 6.42 Å². The molecule has 0 fully saturated rings. The van der Waals surface area contributed by atoms with Crippen molar-refractivity contribution in [1.29, 1.82) is 0 Å². The van der Waals surface area contributed by atoms with Crippen LogP contribution in [0.5, 0.6) is 0 Å². The number of halogens is 1. The Morgan fingerprint density at radius 2 is 1.70 bits per heavy atom. The second-order valence-corrected chi connectivity index (χ2v) is 7.15. The molecule has 30 heavy (non-hydrogen) atoms.